The van der Waals surface area contributed by atoms with E-state index >= 15 is 0 Å². The molecule has 1 fully saturated rings. The molecule has 13 heavy (non-hydrogen) atoms. The maximum atomic E-state index is 9.75. The van der Waals surface area contributed by atoms with E-state index in [4.69, 9.17) is 0 Å². The Balaban J connectivity index is 2.19. The SMILES string of the molecule is CN1CCC(C/C=C\N=C=O)CC1. The highest BCUT2D eigenvalue weighted by Crippen LogP contribution is 2.19. The molecule has 0 aromatic heterocycles. The molecule has 0 saturated carbocycles. The van der Waals surface area contributed by atoms with Crippen LogP contribution in [0.4, 0.5) is 0 Å². The molecule has 0 aromatic rings. The Morgan fingerprint density at radius 3 is 2.85 bits per heavy atom. The number of hydrogen-bond donors (Lipinski definition) is 0. The van der Waals surface area contributed by atoms with Crippen LogP contribution < -0.4 is 0 Å². The van der Waals surface area contributed by atoms with Gasteiger partial charge in [0, 0.05) is 6.20 Å². The van der Waals surface area contributed by atoms with E-state index in [2.05, 4.69) is 16.9 Å². The molecule has 1 saturated heterocycles. The van der Waals surface area contributed by atoms with Gasteiger partial charge in [0.2, 0.25) is 6.08 Å². The number of hydrogen-bond acceptors (Lipinski definition) is 3. The number of carbonyl (C=O) groups excluding carboxylic acids is 1. The molecule has 0 amide bonds. The van der Waals surface area contributed by atoms with Crippen molar-refractivity contribution >= 4 is 6.08 Å². The first-order valence-corrected chi connectivity index (χ1v) is 4.73. The van der Waals surface area contributed by atoms with Gasteiger partial charge in [-0.25, -0.2) is 4.79 Å². The fourth-order valence-electron chi connectivity index (χ4n) is 1.63. The number of rotatable bonds is 3. The van der Waals surface area contributed by atoms with Crippen LogP contribution in [0, 0.1) is 5.92 Å². The fourth-order valence-corrected chi connectivity index (χ4v) is 1.63. The van der Waals surface area contributed by atoms with Crippen LogP contribution in [0.1, 0.15) is 19.3 Å². The third-order valence-corrected chi connectivity index (χ3v) is 2.54. The Morgan fingerprint density at radius 2 is 2.23 bits per heavy atom. The minimum Gasteiger partial charge on any atom is -0.306 e. The van der Waals surface area contributed by atoms with Crippen molar-refractivity contribution in [3.8, 4) is 0 Å². The van der Waals surface area contributed by atoms with Crippen LogP contribution in [0.2, 0.25) is 0 Å². The van der Waals surface area contributed by atoms with Gasteiger partial charge in [-0.15, -0.1) is 0 Å². The van der Waals surface area contributed by atoms with Crippen LogP contribution in [0.5, 0.6) is 0 Å². The van der Waals surface area contributed by atoms with E-state index in [1.54, 1.807) is 6.20 Å². The summed E-state index contributed by atoms with van der Waals surface area (Å²) in [6.45, 7) is 2.38. The van der Waals surface area contributed by atoms with Crippen molar-refractivity contribution in [2.75, 3.05) is 20.1 Å². The van der Waals surface area contributed by atoms with Crippen LogP contribution in [-0.2, 0) is 4.79 Å². The van der Waals surface area contributed by atoms with Crippen molar-refractivity contribution in [2.24, 2.45) is 10.9 Å². The van der Waals surface area contributed by atoms with Crippen molar-refractivity contribution in [1.29, 1.82) is 0 Å². The highest BCUT2D eigenvalue weighted by molar-refractivity contribution is 5.34. The first kappa shape index (κ1) is 10.2. The van der Waals surface area contributed by atoms with Crippen LogP contribution in [-0.4, -0.2) is 31.1 Å². The van der Waals surface area contributed by atoms with E-state index in [1.165, 1.54) is 32.0 Å². The lowest BCUT2D eigenvalue weighted by atomic mass is 9.94. The van der Waals surface area contributed by atoms with Crippen molar-refractivity contribution in [3.05, 3.63) is 12.3 Å². The van der Waals surface area contributed by atoms with Gasteiger partial charge < -0.3 is 4.90 Å². The zero-order valence-corrected chi connectivity index (χ0v) is 8.07. The number of piperidine rings is 1. The van der Waals surface area contributed by atoms with E-state index < -0.39 is 0 Å². The summed E-state index contributed by atoms with van der Waals surface area (Å²) in [7, 11) is 2.16. The molecule has 0 N–H and O–H groups in total. The standard InChI is InChI=1S/C10H16N2O/c1-12-7-4-10(5-8-12)3-2-6-11-9-13/h2,6,10H,3-5,7-8H2,1H3/b6-2-. The Kier molecular flexibility index (Phi) is 4.44. The molecule has 3 nitrogen and oxygen atoms in total. The number of isocyanates is 1. The van der Waals surface area contributed by atoms with Crippen molar-refractivity contribution in [1.82, 2.24) is 4.90 Å². The molecule has 72 valence electrons. The van der Waals surface area contributed by atoms with Gasteiger partial charge in [0.1, 0.15) is 0 Å². The lowest BCUT2D eigenvalue weighted by Crippen LogP contribution is -2.29. The second-order valence-electron chi connectivity index (χ2n) is 3.59. The van der Waals surface area contributed by atoms with Gasteiger partial charge in [-0.1, -0.05) is 6.08 Å². The van der Waals surface area contributed by atoms with Gasteiger partial charge in [-0.3, -0.25) is 0 Å². The van der Waals surface area contributed by atoms with Gasteiger partial charge in [-0.05, 0) is 45.3 Å². The van der Waals surface area contributed by atoms with Crippen LogP contribution >= 0.6 is 0 Å². The fraction of sp³-hybridized carbons (Fsp3) is 0.700. The third kappa shape index (κ3) is 4.02. The lowest BCUT2D eigenvalue weighted by Gasteiger charge is -2.28. The zero-order valence-electron chi connectivity index (χ0n) is 8.07. The first-order valence-electron chi connectivity index (χ1n) is 4.73. The Hall–Kier alpha value is -0.920. The maximum absolute atomic E-state index is 9.75. The van der Waals surface area contributed by atoms with Crippen LogP contribution in [0.3, 0.4) is 0 Å². The molecule has 0 unspecified atom stereocenters. The summed E-state index contributed by atoms with van der Waals surface area (Å²) in [6, 6.07) is 0. The smallest absolute Gasteiger partial charge is 0.239 e. The monoisotopic (exact) mass is 180 g/mol. The third-order valence-electron chi connectivity index (χ3n) is 2.54. The van der Waals surface area contributed by atoms with E-state index in [0.29, 0.717) is 0 Å². The van der Waals surface area contributed by atoms with Gasteiger partial charge >= 0.3 is 0 Å². The van der Waals surface area contributed by atoms with Crippen LogP contribution in [0.15, 0.2) is 17.3 Å². The van der Waals surface area contributed by atoms with Crippen LogP contribution in [0.25, 0.3) is 0 Å². The molecule has 1 aliphatic heterocycles. The Bertz CT molecular complexity index is 211. The molecule has 3 heteroatoms. The molecular weight excluding hydrogens is 164 g/mol. The summed E-state index contributed by atoms with van der Waals surface area (Å²) in [4.78, 5) is 15.5. The normalized spacial score (nSPS) is 20.4. The number of nitrogens with zero attached hydrogens (tertiary/aromatic N) is 2. The lowest BCUT2D eigenvalue weighted by molar-refractivity contribution is 0.221. The second kappa shape index (κ2) is 5.68. The van der Waals surface area contributed by atoms with Gasteiger partial charge in [-0.2, -0.15) is 4.99 Å². The molecule has 1 rings (SSSR count). The molecule has 0 aliphatic carbocycles. The van der Waals surface area contributed by atoms with Gasteiger partial charge in [0.05, 0.1) is 0 Å². The van der Waals surface area contributed by atoms with E-state index in [1.807, 2.05) is 6.08 Å². The predicted octanol–water partition coefficient (Wildman–Crippen LogP) is 1.57. The predicted molar refractivity (Wildman–Crippen MR) is 52.1 cm³/mol. The zero-order chi connectivity index (χ0) is 9.52. The van der Waals surface area contributed by atoms with Gasteiger partial charge in [0.25, 0.3) is 0 Å². The van der Waals surface area contributed by atoms with Crippen molar-refractivity contribution in [3.63, 3.8) is 0 Å². The number of likely N-dealkylation sites (tertiary alicyclic amines) is 1. The molecule has 1 aliphatic rings. The topological polar surface area (TPSA) is 32.7 Å². The quantitative estimate of drug-likeness (QED) is 0.488. The minimum absolute atomic E-state index is 0.773. The highest BCUT2D eigenvalue weighted by atomic mass is 16.1. The van der Waals surface area contributed by atoms with Crippen molar-refractivity contribution < 1.29 is 4.79 Å². The largest absolute Gasteiger partial charge is 0.306 e. The van der Waals surface area contributed by atoms with E-state index in [-0.39, 0.29) is 0 Å². The Morgan fingerprint density at radius 1 is 1.54 bits per heavy atom. The first-order chi connectivity index (χ1) is 6.33. The highest BCUT2D eigenvalue weighted by Gasteiger charge is 2.14. The number of aliphatic imine (C=N–C) groups is 1. The molecular formula is C10H16N2O. The van der Waals surface area contributed by atoms with E-state index in [9.17, 15) is 4.79 Å². The van der Waals surface area contributed by atoms with Crippen molar-refractivity contribution in [2.45, 2.75) is 19.3 Å². The molecule has 0 bridgehead atoms. The molecule has 0 atom stereocenters. The second-order valence-corrected chi connectivity index (χ2v) is 3.59. The molecule has 0 aromatic carbocycles. The summed E-state index contributed by atoms with van der Waals surface area (Å²) < 4.78 is 0. The average Bonchev–Trinajstić information content (AvgIpc) is 2.15. The molecule has 1 heterocycles. The maximum Gasteiger partial charge on any atom is 0.239 e. The number of allylic oxidation sites excluding steroid dienone is 1. The summed E-state index contributed by atoms with van der Waals surface area (Å²) in [5.74, 6) is 0.773. The summed E-state index contributed by atoms with van der Waals surface area (Å²) >= 11 is 0. The average molecular weight is 180 g/mol. The Labute approximate surface area is 79.1 Å². The minimum atomic E-state index is 0.773. The summed E-state index contributed by atoms with van der Waals surface area (Å²) in [5.41, 5.74) is 0. The molecule has 0 spiro atoms. The van der Waals surface area contributed by atoms with Gasteiger partial charge in [0.15, 0.2) is 0 Å². The summed E-state index contributed by atoms with van der Waals surface area (Å²) in [5, 5.41) is 0. The molecule has 0 radical (unpaired) electrons. The van der Waals surface area contributed by atoms with E-state index in [0.717, 1.165) is 12.3 Å². The summed E-state index contributed by atoms with van der Waals surface area (Å²) in [6.07, 6.45) is 8.55.